The zero-order valence-electron chi connectivity index (χ0n) is 26.4. The molecule has 0 aliphatic rings. The van der Waals surface area contributed by atoms with Gasteiger partial charge in [-0.25, -0.2) is 23.1 Å². The maximum atomic E-state index is 15.3. The number of nitrogens with one attached hydrogen (secondary N) is 1. The fourth-order valence-electron chi connectivity index (χ4n) is 5.40. The first-order valence-corrected chi connectivity index (χ1v) is 15.6. The van der Waals surface area contributed by atoms with E-state index in [1.54, 1.807) is 26.2 Å². The third kappa shape index (κ3) is 7.05. The number of pyridine rings is 2. The average Bonchev–Trinajstić information content (AvgIpc) is 3.06. The Morgan fingerprint density at radius 2 is 1.73 bits per heavy atom. The number of ether oxygens (including phenoxy) is 2. The maximum absolute atomic E-state index is 15.3. The van der Waals surface area contributed by atoms with Gasteiger partial charge in [0.15, 0.2) is 5.75 Å². The number of fused-ring (bicyclic) bond motifs is 1. The predicted molar refractivity (Wildman–Crippen MR) is 182 cm³/mol. The van der Waals surface area contributed by atoms with Gasteiger partial charge in [-0.2, -0.15) is 0 Å². The topological polar surface area (TPSA) is 99.4 Å². The second kappa shape index (κ2) is 14.5. The predicted octanol–water partition coefficient (Wildman–Crippen LogP) is 8.62. The van der Waals surface area contributed by atoms with Crippen molar-refractivity contribution in [3.63, 3.8) is 0 Å². The molecule has 0 bridgehead atoms. The molecule has 0 saturated carbocycles. The summed E-state index contributed by atoms with van der Waals surface area (Å²) in [7, 11) is 1.56. The van der Waals surface area contributed by atoms with Gasteiger partial charge in [0.2, 0.25) is 0 Å². The smallest absolute Gasteiger partial charge is 0.252 e. The number of hydrogen-bond donors (Lipinski definition) is 2. The Kier molecular flexibility index (Phi) is 10.5. The second-order valence-electron chi connectivity index (χ2n) is 10.8. The summed E-state index contributed by atoms with van der Waals surface area (Å²) in [6, 6.07) is 14.5. The Morgan fingerprint density at radius 1 is 1.00 bits per heavy atom. The summed E-state index contributed by atoms with van der Waals surface area (Å²) in [6.07, 6.45) is 1.87. The molecule has 0 fully saturated rings. The molecule has 0 aliphatic carbocycles. The van der Waals surface area contributed by atoms with Crippen LogP contribution in [0.4, 0.5) is 13.2 Å². The molecule has 3 aromatic carbocycles. The van der Waals surface area contributed by atoms with E-state index in [0.29, 0.717) is 39.3 Å². The van der Waals surface area contributed by atoms with Gasteiger partial charge < -0.3 is 20.5 Å². The second-order valence-corrected chi connectivity index (χ2v) is 11.6. The molecular weight excluding hydrogens is 664 g/mol. The molecule has 0 aliphatic heterocycles. The Hall–Kier alpha value is -4.80. The van der Waals surface area contributed by atoms with Gasteiger partial charge in [-0.15, -0.1) is 0 Å². The van der Waals surface area contributed by atoms with E-state index in [1.807, 2.05) is 38.1 Å². The molecule has 0 radical (unpaired) electrons. The van der Waals surface area contributed by atoms with E-state index in [0.717, 1.165) is 17.0 Å². The number of aryl methyl sites for hydroxylation is 1. The maximum Gasteiger partial charge on any atom is 0.252 e. The first-order valence-electron chi connectivity index (χ1n) is 14.9. The average molecular weight is 696 g/mol. The molecule has 1 atom stereocenters. The number of hydrogen-bond acceptors (Lipinski definition) is 6. The summed E-state index contributed by atoms with van der Waals surface area (Å²) in [6.45, 7) is 5.60. The highest BCUT2D eigenvalue weighted by Crippen LogP contribution is 2.39. The standard InChI is InChI=1S/C36H31Cl2F3N4O3/c1-5-30(20-11-21-12-26(37)18(3)44-33(21)32(13-20)47-4)43-17-25(19-7-9-22(39)10-8-19)31-15-24(36(42)46)35(48-6-2)34(45-31)23-14-27(38)29(41)16-28(23)40/h5,7-16,25,43H,6,17H2,1-4H3,(H2,42,46). The normalized spacial score (nSPS) is 12.2. The van der Waals surface area contributed by atoms with Crippen molar-refractivity contribution in [3.8, 4) is 22.8 Å². The number of allylic oxidation sites excluding steroid dienone is 1. The summed E-state index contributed by atoms with van der Waals surface area (Å²) in [4.78, 5) is 22.1. The minimum Gasteiger partial charge on any atom is -0.494 e. The van der Waals surface area contributed by atoms with Crippen molar-refractivity contribution >= 4 is 45.7 Å². The van der Waals surface area contributed by atoms with Crippen LogP contribution in [-0.2, 0) is 0 Å². The van der Waals surface area contributed by atoms with Crippen molar-refractivity contribution in [2.75, 3.05) is 20.3 Å². The van der Waals surface area contributed by atoms with Crippen LogP contribution in [0.15, 0.2) is 66.7 Å². The van der Waals surface area contributed by atoms with E-state index >= 15 is 4.39 Å². The lowest BCUT2D eigenvalue weighted by Crippen LogP contribution is -2.24. The van der Waals surface area contributed by atoms with E-state index in [4.69, 9.17) is 43.4 Å². The lowest BCUT2D eigenvalue weighted by molar-refractivity contribution is 0.0996. The molecule has 2 aromatic heterocycles. The molecule has 248 valence electrons. The largest absolute Gasteiger partial charge is 0.494 e. The SMILES string of the molecule is CC=C(NCC(c1ccc(F)cc1)c1cc(C(N)=O)c(OCC)c(-c2cc(Cl)c(F)cc2F)n1)c1cc(OC)c2nc(C)c(Cl)cc2c1. The van der Waals surface area contributed by atoms with Gasteiger partial charge >= 0.3 is 0 Å². The summed E-state index contributed by atoms with van der Waals surface area (Å²) in [5.41, 5.74) is 9.12. The van der Waals surface area contributed by atoms with Crippen LogP contribution in [0.25, 0.3) is 27.9 Å². The number of primary amides is 1. The first-order chi connectivity index (χ1) is 22.9. The van der Waals surface area contributed by atoms with Gasteiger partial charge in [0.25, 0.3) is 5.91 Å². The van der Waals surface area contributed by atoms with Gasteiger partial charge in [0, 0.05) is 40.7 Å². The van der Waals surface area contributed by atoms with Crippen LogP contribution < -0.4 is 20.5 Å². The Bertz CT molecular complexity index is 2060. The van der Waals surface area contributed by atoms with Gasteiger partial charge in [-0.3, -0.25) is 4.79 Å². The van der Waals surface area contributed by atoms with Crippen molar-refractivity contribution in [3.05, 3.63) is 122 Å². The molecule has 0 spiro atoms. The van der Waals surface area contributed by atoms with Crippen molar-refractivity contribution in [1.82, 2.24) is 15.3 Å². The highest BCUT2D eigenvalue weighted by Gasteiger charge is 2.27. The highest BCUT2D eigenvalue weighted by molar-refractivity contribution is 6.32. The first kappa shape index (κ1) is 34.5. The molecule has 5 aromatic rings. The number of carbonyl (C=O) groups excluding carboxylic acids is 1. The molecule has 3 N–H and O–H groups in total. The highest BCUT2D eigenvalue weighted by atomic mass is 35.5. The minimum atomic E-state index is -0.972. The monoisotopic (exact) mass is 694 g/mol. The fraction of sp³-hybridized carbons (Fsp3) is 0.194. The van der Waals surface area contributed by atoms with Crippen LogP contribution in [0.2, 0.25) is 10.0 Å². The van der Waals surface area contributed by atoms with Crippen LogP contribution in [0.5, 0.6) is 11.5 Å². The Morgan fingerprint density at radius 3 is 2.38 bits per heavy atom. The third-order valence-electron chi connectivity index (χ3n) is 7.77. The summed E-state index contributed by atoms with van der Waals surface area (Å²) in [5, 5.41) is 4.36. The van der Waals surface area contributed by atoms with E-state index in [9.17, 15) is 13.6 Å². The van der Waals surface area contributed by atoms with Gasteiger partial charge in [0.1, 0.15) is 34.4 Å². The third-order valence-corrected chi connectivity index (χ3v) is 8.44. The van der Waals surface area contributed by atoms with Crippen LogP contribution in [0.3, 0.4) is 0 Å². The van der Waals surface area contributed by atoms with Gasteiger partial charge in [-0.1, -0.05) is 41.4 Å². The zero-order chi connectivity index (χ0) is 34.7. The van der Waals surface area contributed by atoms with Crippen LogP contribution in [-0.4, -0.2) is 36.1 Å². The van der Waals surface area contributed by atoms with E-state index in [1.165, 1.54) is 18.2 Å². The number of aromatic nitrogens is 2. The molecule has 1 amide bonds. The molecule has 12 heteroatoms. The summed E-state index contributed by atoms with van der Waals surface area (Å²) >= 11 is 12.4. The van der Waals surface area contributed by atoms with E-state index < -0.39 is 29.3 Å². The molecular formula is C36H31Cl2F3N4O3. The molecule has 5 rings (SSSR count). The van der Waals surface area contributed by atoms with Crippen LogP contribution in [0.1, 0.15) is 52.6 Å². The number of amides is 1. The minimum absolute atomic E-state index is 0.0750. The van der Waals surface area contributed by atoms with Crippen LogP contribution in [0, 0.1) is 24.4 Å². The number of benzene rings is 3. The lowest BCUT2D eigenvalue weighted by atomic mass is 9.92. The number of nitrogens with two attached hydrogens (primary N) is 1. The summed E-state index contributed by atoms with van der Waals surface area (Å²) in [5.74, 6) is -3.43. The molecule has 0 saturated heterocycles. The quantitative estimate of drug-likeness (QED) is 0.134. The molecule has 7 nitrogen and oxygen atoms in total. The van der Waals surface area contributed by atoms with Crippen molar-refractivity contribution < 1.29 is 27.4 Å². The van der Waals surface area contributed by atoms with Gasteiger partial charge in [0.05, 0.1) is 40.7 Å². The fourth-order valence-corrected chi connectivity index (χ4v) is 5.72. The zero-order valence-corrected chi connectivity index (χ0v) is 27.9. The van der Waals surface area contributed by atoms with Crippen molar-refractivity contribution in [1.29, 1.82) is 0 Å². The molecule has 48 heavy (non-hydrogen) atoms. The van der Waals surface area contributed by atoms with Crippen LogP contribution >= 0.6 is 23.2 Å². The number of nitrogens with zero attached hydrogens (tertiary/aromatic N) is 2. The number of halogens is 5. The molecule has 1 unspecified atom stereocenters. The van der Waals surface area contributed by atoms with E-state index in [2.05, 4.69) is 10.3 Å². The lowest BCUT2D eigenvalue weighted by Gasteiger charge is -2.23. The van der Waals surface area contributed by atoms with Gasteiger partial charge in [-0.05, 0) is 68.8 Å². The number of methoxy groups -OCH3 is 1. The number of carbonyl (C=O) groups is 1. The van der Waals surface area contributed by atoms with E-state index in [-0.39, 0.29) is 46.4 Å². The molecule has 2 heterocycles. The number of rotatable bonds is 11. The van der Waals surface area contributed by atoms with Crippen molar-refractivity contribution in [2.24, 2.45) is 5.73 Å². The summed E-state index contributed by atoms with van der Waals surface area (Å²) < 4.78 is 54.9. The Balaban J connectivity index is 1.65. The van der Waals surface area contributed by atoms with Crippen molar-refractivity contribution in [2.45, 2.75) is 26.7 Å². The Labute approximate surface area is 285 Å².